The van der Waals surface area contributed by atoms with Crippen LogP contribution in [0, 0.1) is 0 Å². The Hall–Kier alpha value is -0.920. The molecule has 53 heavy (non-hydrogen) atoms. The van der Waals surface area contributed by atoms with Gasteiger partial charge in [0.2, 0.25) is 5.91 Å². The Labute approximate surface area is 331 Å². The molecule has 2 unspecified atom stereocenters. The van der Waals surface area contributed by atoms with Crippen molar-refractivity contribution in [1.29, 1.82) is 0 Å². The number of aliphatic hydroxyl groups excluding tert-OH is 1. The standard InChI is InChI=1S/C46H91NO5S/c1-3-5-7-9-11-13-15-17-19-21-23-25-27-29-31-33-35-37-39-41-45(48)44(43-53(50,51)52)47-46(49)42-40-38-36-34-32-30-28-26-24-22-20-18-16-14-12-10-8-6-4-2/h18,20,44-45,48H,3-17,19,21-43H2,1-2H3,(H,47,49)(H,50,51,52)/b20-18-. The zero-order chi connectivity index (χ0) is 38.9. The Morgan fingerprint density at radius 2 is 0.792 bits per heavy atom. The number of allylic oxidation sites excluding steroid dienone is 2. The van der Waals surface area contributed by atoms with Crippen molar-refractivity contribution in [3.05, 3.63) is 12.2 Å². The molecule has 0 heterocycles. The van der Waals surface area contributed by atoms with Crippen molar-refractivity contribution < 1.29 is 22.9 Å². The fraction of sp³-hybridized carbons (Fsp3) is 0.935. The van der Waals surface area contributed by atoms with Crippen LogP contribution in [0.15, 0.2) is 12.2 Å². The summed E-state index contributed by atoms with van der Waals surface area (Å²) < 4.78 is 32.7. The van der Waals surface area contributed by atoms with Crippen LogP contribution in [-0.2, 0) is 14.9 Å². The first-order valence-electron chi connectivity index (χ1n) is 23.4. The molecule has 0 saturated heterocycles. The summed E-state index contributed by atoms with van der Waals surface area (Å²) in [6.07, 6.45) is 50.2. The van der Waals surface area contributed by atoms with Gasteiger partial charge in [-0.05, 0) is 38.5 Å². The molecule has 1 amide bonds. The van der Waals surface area contributed by atoms with Crippen molar-refractivity contribution in [1.82, 2.24) is 5.32 Å². The fourth-order valence-electron chi connectivity index (χ4n) is 7.45. The maximum Gasteiger partial charge on any atom is 0.266 e. The summed E-state index contributed by atoms with van der Waals surface area (Å²) in [5.41, 5.74) is 0. The van der Waals surface area contributed by atoms with Crippen molar-refractivity contribution in [2.75, 3.05) is 5.75 Å². The highest BCUT2D eigenvalue weighted by atomic mass is 32.2. The number of carbonyl (C=O) groups is 1. The normalized spacial score (nSPS) is 13.2. The Bertz CT molecular complexity index is 892. The third-order valence-electron chi connectivity index (χ3n) is 11.0. The number of hydrogen-bond donors (Lipinski definition) is 3. The number of amides is 1. The quantitative estimate of drug-likeness (QED) is 0.0325. The second-order valence-electron chi connectivity index (χ2n) is 16.4. The van der Waals surface area contributed by atoms with Gasteiger partial charge in [-0.25, -0.2) is 0 Å². The average molecular weight is 770 g/mol. The maximum atomic E-state index is 12.6. The second-order valence-corrected chi connectivity index (χ2v) is 17.9. The molecule has 0 aliphatic rings. The van der Waals surface area contributed by atoms with Crippen LogP contribution in [0.4, 0.5) is 0 Å². The van der Waals surface area contributed by atoms with E-state index in [0.717, 1.165) is 38.5 Å². The van der Waals surface area contributed by atoms with E-state index >= 15 is 0 Å². The molecule has 6 nitrogen and oxygen atoms in total. The molecule has 0 bridgehead atoms. The van der Waals surface area contributed by atoms with Crippen LogP contribution in [0.5, 0.6) is 0 Å². The van der Waals surface area contributed by atoms with E-state index in [2.05, 4.69) is 31.3 Å². The Kier molecular flexibility index (Phi) is 40.0. The molecule has 316 valence electrons. The molecule has 0 aliphatic carbocycles. The van der Waals surface area contributed by atoms with Gasteiger partial charge >= 0.3 is 0 Å². The first-order valence-corrected chi connectivity index (χ1v) is 25.0. The molecule has 0 radical (unpaired) electrons. The van der Waals surface area contributed by atoms with Crippen molar-refractivity contribution >= 4 is 16.0 Å². The molecule has 7 heteroatoms. The molecule has 3 N–H and O–H groups in total. The van der Waals surface area contributed by atoms with Crippen LogP contribution in [0.2, 0.25) is 0 Å². The van der Waals surface area contributed by atoms with Crippen LogP contribution >= 0.6 is 0 Å². The molecule has 0 aromatic rings. The van der Waals surface area contributed by atoms with Crippen LogP contribution in [0.1, 0.15) is 258 Å². The van der Waals surface area contributed by atoms with Gasteiger partial charge in [-0.3, -0.25) is 9.35 Å². The smallest absolute Gasteiger partial charge is 0.266 e. The number of aliphatic hydroxyl groups is 1. The van der Waals surface area contributed by atoms with Crippen molar-refractivity contribution in [2.45, 2.75) is 270 Å². The van der Waals surface area contributed by atoms with Crippen LogP contribution in [-0.4, -0.2) is 41.9 Å². The number of rotatable bonds is 43. The topological polar surface area (TPSA) is 104 Å². The summed E-state index contributed by atoms with van der Waals surface area (Å²) in [5, 5.41) is 13.4. The van der Waals surface area contributed by atoms with Crippen molar-refractivity contribution in [2.24, 2.45) is 0 Å². The van der Waals surface area contributed by atoms with E-state index in [1.165, 1.54) is 193 Å². The SMILES string of the molecule is CCCCCCCC/C=C\CCCCCCCCCCCC(=O)NC(CS(=O)(=O)O)C(O)CCCCCCCCCCCCCCCCCCCCC. The maximum absolute atomic E-state index is 12.6. The Morgan fingerprint density at radius 1 is 0.491 bits per heavy atom. The third-order valence-corrected chi connectivity index (χ3v) is 11.8. The molecule has 0 aromatic carbocycles. The van der Waals surface area contributed by atoms with E-state index in [-0.39, 0.29) is 5.91 Å². The highest BCUT2D eigenvalue weighted by Crippen LogP contribution is 2.17. The highest BCUT2D eigenvalue weighted by molar-refractivity contribution is 7.85. The molecule has 0 rings (SSSR count). The van der Waals surface area contributed by atoms with Crippen molar-refractivity contribution in [3.8, 4) is 0 Å². The highest BCUT2D eigenvalue weighted by Gasteiger charge is 2.26. The minimum atomic E-state index is -4.31. The van der Waals surface area contributed by atoms with Gasteiger partial charge in [-0.1, -0.05) is 225 Å². The van der Waals surface area contributed by atoms with Crippen LogP contribution < -0.4 is 5.32 Å². The lowest BCUT2D eigenvalue weighted by atomic mass is 10.0. The van der Waals surface area contributed by atoms with E-state index in [9.17, 15) is 22.9 Å². The molecule has 0 fully saturated rings. The monoisotopic (exact) mass is 770 g/mol. The number of unbranched alkanes of at least 4 members (excludes halogenated alkanes) is 33. The molecule has 2 atom stereocenters. The number of carbonyl (C=O) groups excluding carboxylic acids is 1. The third kappa shape index (κ3) is 42.1. The predicted octanol–water partition coefficient (Wildman–Crippen LogP) is 14.1. The van der Waals surface area contributed by atoms with Gasteiger partial charge in [-0.15, -0.1) is 0 Å². The summed E-state index contributed by atoms with van der Waals surface area (Å²) in [6.45, 7) is 4.54. The second kappa shape index (κ2) is 40.7. The van der Waals surface area contributed by atoms with Gasteiger partial charge in [0.05, 0.1) is 17.9 Å². The van der Waals surface area contributed by atoms with E-state index < -0.39 is 28.0 Å². The molecule has 0 saturated carbocycles. The zero-order valence-electron chi connectivity index (χ0n) is 35.4. The minimum Gasteiger partial charge on any atom is -0.391 e. The van der Waals surface area contributed by atoms with Crippen LogP contribution in [0.3, 0.4) is 0 Å². The molecule has 0 aromatic heterocycles. The zero-order valence-corrected chi connectivity index (χ0v) is 36.2. The van der Waals surface area contributed by atoms with Crippen molar-refractivity contribution in [3.63, 3.8) is 0 Å². The predicted molar refractivity (Wildman–Crippen MR) is 230 cm³/mol. The first-order chi connectivity index (χ1) is 25.8. The molecular formula is C46H91NO5S. The average Bonchev–Trinajstić information content (AvgIpc) is 3.12. The van der Waals surface area contributed by atoms with Gasteiger partial charge in [0, 0.05) is 6.42 Å². The van der Waals surface area contributed by atoms with Gasteiger partial charge in [0.15, 0.2) is 0 Å². The van der Waals surface area contributed by atoms with E-state index in [1.807, 2.05) is 0 Å². The first kappa shape index (κ1) is 52.1. The fourth-order valence-corrected chi connectivity index (χ4v) is 8.21. The van der Waals surface area contributed by atoms with Gasteiger partial charge in [0.25, 0.3) is 10.1 Å². The lowest BCUT2D eigenvalue weighted by Gasteiger charge is -2.23. The van der Waals surface area contributed by atoms with E-state index in [0.29, 0.717) is 12.8 Å². The lowest BCUT2D eigenvalue weighted by Crippen LogP contribution is -2.47. The minimum absolute atomic E-state index is 0.244. The van der Waals surface area contributed by atoms with Gasteiger partial charge < -0.3 is 10.4 Å². The number of nitrogens with one attached hydrogen (secondary N) is 1. The summed E-state index contributed by atoms with van der Waals surface area (Å²) in [4.78, 5) is 12.6. The van der Waals surface area contributed by atoms with Gasteiger partial charge in [0.1, 0.15) is 0 Å². The van der Waals surface area contributed by atoms with Gasteiger partial charge in [-0.2, -0.15) is 8.42 Å². The summed E-state index contributed by atoms with van der Waals surface area (Å²) in [6, 6.07) is -0.969. The summed E-state index contributed by atoms with van der Waals surface area (Å²) >= 11 is 0. The molecule has 0 spiro atoms. The Morgan fingerprint density at radius 3 is 1.13 bits per heavy atom. The largest absolute Gasteiger partial charge is 0.391 e. The van der Waals surface area contributed by atoms with E-state index in [1.54, 1.807) is 0 Å². The summed E-state index contributed by atoms with van der Waals surface area (Å²) in [5.74, 6) is -0.888. The molecule has 0 aliphatic heterocycles. The molecular weight excluding hydrogens is 679 g/mol. The number of hydrogen-bond acceptors (Lipinski definition) is 4. The lowest BCUT2D eigenvalue weighted by molar-refractivity contribution is -0.122. The Balaban J connectivity index is 3.78. The van der Waals surface area contributed by atoms with Crippen LogP contribution in [0.25, 0.3) is 0 Å². The van der Waals surface area contributed by atoms with E-state index in [4.69, 9.17) is 0 Å². The summed E-state index contributed by atoms with van der Waals surface area (Å²) in [7, 11) is -4.31.